The predicted octanol–water partition coefficient (Wildman–Crippen LogP) is 9.43. The number of ether oxygens (including phenoxy) is 3. The molecule has 6 atom stereocenters. The first-order valence-electron chi connectivity index (χ1n) is 24.2. The monoisotopic (exact) mass is 867 g/mol. The van der Waals surface area contributed by atoms with E-state index in [0.717, 1.165) is 127 Å². The normalized spacial score (nSPS) is 28.4. The van der Waals surface area contributed by atoms with Crippen molar-refractivity contribution in [3.05, 3.63) is 53.6 Å². The Labute approximate surface area is 376 Å². The third-order valence-corrected chi connectivity index (χ3v) is 15.4. The lowest BCUT2D eigenvalue weighted by Gasteiger charge is -2.39. The van der Waals surface area contributed by atoms with Gasteiger partial charge in [-0.15, -0.1) is 0 Å². The van der Waals surface area contributed by atoms with Gasteiger partial charge in [-0.3, -0.25) is 15.1 Å². The number of phenols is 2. The highest BCUT2D eigenvalue weighted by molar-refractivity contribution is 5.97. The van der Waals surface area contributed by atoms with Gasteiger partial charge in [0.15, 0.2) is 35.1 Å². The molecule has 11 heteroatoms. The molecule has 6 unspecified atom stereocenters. The smallest absolute Gasteiger partial charge is 0.207 e. The van der Waals surface area contributed by atoms with Gasteiger partial charge in [-0.2, -0.15) is 0 Å². The number of likely N-dealkylation sites (N-methyl/N-ethyl adjacent to an activating group) is 1. The molecule has 7 rings (SSSR count). The second-order valence-corrected chi connectivity index (χ2v) is 19.5. The number of hydrogen-bond acceptors (Lipinski definition) is 9. The molecular formula is C52H74N4O7. The van der Waals surface area contributed by atoms with Crippen LogP contribution >= 0.6 is 0 Å². The zero-order chi connectivity index (χ0) is 44.5. The zero-order valence-electron chi connectivity index (χ0n) is 38.4. The molecule has 6 N–H and O–H groups in total. The molecule has 0 radical (unpaired) electrons. The summed E-state index contributed by atoms with van der Waals surface area (Å²) < 4.78 is 18.7. The van der Waals surface area contributed by atoms with Gasteiger partial charge < -0.3 is 40.2 Å². The minimum absolute atomic E-state index is 0.0160. The van der Waals surface area contributed by atoms with Crippen LogP contribution in [0.2, 0.25) is 0 Å². The SMILES string of the molecule is CCCCCC1C=CC(=O)C2(Cc3ccc(O)c(OC)c3)CCCC2CC#CNC(=NC)Nc2cc(cc(OC3(CNC)CCC(CC(O)OC4CCCC4)C3)c2O)C12CCCC2. The summed E-state index contributed by atoms with van der Waals surface area (Å²) >= 11 is 0. The molecule has 2 aromatic rings. The second-order valence-electron chi connectivity index (χ2n) is 19.5. The topological polar surface area (TPSA) is 154 Å². The molecule has 2 bridgehead atoms. The van der Waals surface area contributed by atoms with Crippen molar-refractivity contribution in [2.75, 3.05) is 33.1 Å². The number of aliphatic hydroxyl groups excluding tert-OH is 1. The van der Waals surface area contributed by atoms with Crippen molar-refractivity contribution in [3.8, 4) is 35.0 Å². The predicted molar refractivity (Wildman–Crippen MR) is 249 cm³/mol. The third kappa shape index (κ3) is 10.7. The van der Waals surface area contributed by atoms with Crippen molar-refractivity contribution in [3.63, 3.8) is 0 Å². The van der Waals surface area contributed by atoms with Gasteiger partial charge in [0.2, 0.25) is 5.96 Å². The molecule has 0 amide bonds. The number of methoxy groups -OCH3 is 1. The molecule has 4 aliphatic carbocycles. The number of aliphatic hydroxyl groups is 1. The van der Waals surface area contributed by atoms with Gasteiger partial charge in [-0.05, 0) is 137 Å². The number of allylic oxidation sites excluding steroid dienone is 2. The Bertz CT molecular complexity index is 1990. The maximum Gasteiger partial charge on any atom is 0.207 e. The van der Waals surface area contributed by atoms with Crippen molar-refractivity contribution >= 4 is 17.4 Å². The van der Waals surface area contributed by atoms with Crippen LogP contribution in [0.3, 0.4) is 0 Å². The average molecular weight is 867 g/mol. The number of aromatic hydroxyl groups is 2. The van der Waals surface area contributed by atoms with Gasteiger partial charge >= 0.3 is 0 Å². The molecule has 4 saturated carbocycles. The fraction of sp³-hybridized carbons (Fsp3) is 0.654. The van der Waals surface area contributed by atoms with Crippen molar-refractivity contribution in [2.24, 2.45) is 28.2 Å². The van der Waals surface area contributed by atoms with Crippen molar-refractivity contribution in [2.45, 2.75) is 165 Å². The molecule has 0 aromatic heterocycles. The van der Waals surface area contributed by atoms with Crippen LogP contribution in [0.1, 0.15) is 146 Å². The molecule has 4 fully saturated rings. The Morgan fingerprint density at radius 3 is 2.54 bits per heavy atom. The number of aliphatic imine (C=N–C) groups is 1. The van der Waals surface area contributed by atoms with E-state index in [2.05, 4.69) is 58.0 Å². The third-order valence-electron chi connectivity index (χ3n) is 15.4. The molecule has 1 heterocycles. The fourth-order valence-corrected chi connectivity index (χ4v) is 12.1. The molecule has 63 heavy (non-hydrogen) atoms. The second kappa shape index (κ2) is 21.2. The Kier molecular flexibility index (Phi) is 15.7. The summed E-state index contributed by atoms with van der Waals surface area (Å²) in [5.41, 5.74) is 0.970. The number of nitrogens with one attached hydrogen (secondary N) is 3. The summed E-state index contributed by atoms with van der Waals surface area (Å²) in [6.07, 6.45) is 22.7. The number of fused-ring (bicyclic) bond motifs is 4. The first-order valence-corrected chi connectivity index (χ1v) is 24.2. The number of benzene rings is 2. The van der Waals surface area contributed by atoms with Crippen molar-refractivity contribution in [1.82, 2.24) is 10.6 Å². The summed E-state index contributed by atoms with van der Waals surface area (Å²) in [4.78, 5) is 19.6. The molecule has 5 aliphatic rings. The van der Waals surface area contributed by atoms with E-state index in [0.29, 0.717) is 49.0 Å². The van der Waals surface area contributed by atoms with Gasteiger partial charge in [-0.1, -0.05) is 76.4 Å². The summed E-state index contributed by atoms with van der Waals surface area (Å²) in [6, 6.07) is 12.7. The minimum Gasteiger partial charge on any atom is -0.504 e. The lowest BCUT2D eigenvalue weighted by molar-refractivity contribution is -0.143. The number of carbonyl (C=O) groups excluding carboxylic acids is 1. The van der Waals surface area contributed by atoms with Crippen molar-refractivity contribution < 1.29 is 34.3 Å². The van der Waals surface area contributed by atoms with Crippen LogP contribution in [-0.2, 0) is 21.4 Å². The molecule has 344 valence electrons. The van der Waals surface area contributed by atoms with Crippen LogP contribution in [-0.4, -0.2) is 72.8 Å². The van der Waals surface area contributed by atoms with E-state index in [1.807, 2.05) is 25.3 Å². The number of nitrogens with zero attached hydrogens (tertiary/aromatic N) is 1. The molecule has 1 aliphatic heterocycles. The molecule has 0 saturated heterocycles. The van der Waals surface area contributed by atoms with E-state index in [9.17, 15) is 15.3 Å². The number of ketones is 1. The quantitative estimate of drug-likeness (QED) is 0.0442. The number of rotatable bonds is 15. The Hall–Kier alpha value is -4.24. The molecule has 11 nitrogen and oxygen atoms in total. The maximum atomic E-state index is 15.1. The Balaban J connectivity index is 1.28. The van der Waals surface area contributed by atoms with Crippen LogP contribution in [0.25, 0.3) is 0 Å². The van der Waals surface area contributed by atoms with Gasteiger partial charge in [0.05, 0.1) is 18.9 Å². The standard InChI is InChI=1S/C52H74N4O7/c1-5-6-7-14-39-20-22-46(58)52(34-36-19-21-43(57)44(29-36)61-4)26-12-15-38(52)16-13-28-55-49(54-3)56-42-31-40(51(39)24-10-11-25-51)32-45(48(42)60)63-50(35-53-2)27-23-37(33-50)30-47(59)62-41-17-8-9-18-41/h19-22,29,31-32,37-39,41,47,53,57,59-60H,5-12,14-18,23-27,30,33-35H2,1-4H3,(H2,54,55,56). The molecular weight excluding hydrogens is 793 g/mol. The zero-order valence-corrected chi connectivity index (χ0v) is 38.4. The Morgan fingerprint density at radius 2 is 1.79 bits per heavy atom. The van der Waals surface area contributed by atoms with E-state index < -0.39 is 17.3 Å². The summed E-state index contributed by atoms with van der Waals surface area (Å²) in [5, 5.41) is 43.6. The fourth-order valence-electron chi connectivity index (χ4n) is 12.1. The Morgan fingerprint density at radius 1 is 0.984 bits per heavy atom. The van der Waals surface area contributed by atoms with Crippen LogP contribution < -0.4 is 25.4 Å². The largest absolute Gasteiger partial charge is 0.504 e. The number of phenolic OH excluding ortho intramolecular Hbond substituents is 2. The lowest BCUT2D eigenvalue weighted by Crippen LogP contribution is -2.43. The van der Waals surface area contributed by atoms with Crippen molar-refractivity contribution in [1.29, 1.82) is 0 Å². The highest BCUT2D eigenvalue weighted by atomic mass is 16.6. The lowest BCUT2D eigenvalue weighted by atomic mass is 9.65. The average Bonchev–Trinajstić information content (AvgIpc) is 4.12. The van der Waals surface area contributed by atoms with E-state index in [1.165, 1.54) is 0 Å². The van der Waals surface area contributed by atoms with Gasteiger partial charge in [0.1, 0.15) is 5.60 Å². The summed E-state index contributed by atoms with van der Waals surface area (Å²) in [6.45, 7) is 2.82. The highest BCUT2D eigenvalue weighted by Gasteiger charge is 2.49. The van der Waals surface area contributed by atoms with Crippen LogP contribution in [0.5, 0.6) is 23.0 Å². The van der Waals surface area contributed by atoms with E-state index in [4.69, 9.17) is 14.2 Å². The number of carbonyl (C=O) groups is 1. The molecule has 2 aromatic carbocycles. The molecule has 1 spiro atoms. The van der Waals surface area contributed by atoms with E-state index in [-0.39, 0.29) is 46.6 Å². The number of anilines is 1. The van der Waals surface area contributed by atoms with Crippen LogP contribution in [0.4, 0.5) is 5.69 Å². The first-order chi connectivity index (χ1) is 30.6. The van der Waals surface area contributed by atoms with E-state index >= 15 is 4.79 Å². The van der Waals surface area contributed by atoms with Gasteiger partial charge in [0.25, 0.3) is 0 Å². The van der Waals surface area contributed by atoms with E-state index in [1.54, 1.807) is 20.2 Å². The first kappa shape index (κ1) is 46.7. The number of guanidine groups is 1. The number of hydrogen-bond donors (Lipinski definition) is 6. The summed E-state index contributed by atoms with van der Waals surface area (Å²) in [5.74, 6) is 5.12. The van der Waals surface area contributed by atoms with Crippen LogP contribution in [0.15, 0.2) is 47.5 Å². The number of unbranched alkanes of at least 4 members (excludes halogenated alkanes) is 2. The highest BCUT2D eigenvalue weighted by Crippen LogP contribution is 2.54. The van der Waals surface area contributed by atoms with Crippen LogP contribution in [0, 0.1) is 35.1 Å². The summed E-state index contributed by atoms with van der Waals surface area (Å²) in [7, 11) is 5.18. The van der Waals surface area contributed by atoms with Gasteiger partial charge in [0, 0.05) is 43.3 Å². The minimum atomic E-state index is -0.795. The maximum absolute atomic E-state index is 15.1. The van der Waals surface area contributed by atoms with Gasteiger partial charge in [-0.25, -0.2) is 0 Å².